The van der Waals surface area contributed by atoms with Gasteiger partial charge in [-0.3, -0.25) is 5.32 Å². The van der Waals surface area contributed by atoms with Gasteiger partial charge in [0.15, 0.2) is 0 Å². The molecule has 1 aromatic rings. The van der Waals surface area contributed by atoms with Gasteiger partial charge in [0.25, 0.3) is 0 Å². The van der Waals surface area contributed by atoms with Crippen LogP contribution in [-0.2, 0) is 0 Å². The van der Waals surface area contributed by atoms with Gasteiger partial charge in [-0.25, -0.2) is 0 Å². The molecule has 4 heteroatoms. The predicted octanol–water partition coefficient (Wildman–Crippen LogP) is 3.91. The molecule has 0 saturated heterocycles. The zero-order chi connectivity index (χ0) is 12.1. The minimum absolute atomic E-state index is 0.324. The van der Waals surface area contributed by atoms with Gasteiger partial charge in [0.05, 0.1) is 6.07 Å². The molecule has 86 valence electrons. The summed E-state index contributed by atoms with van der Waals surface area (Å²) in [6.07, 6.45) is 0. The molecular weight excluding hydrogens is 288 g/mol. The monoisotopic (exact) mass is 300 g/mol. The van der Waals surface area contributed by atoms with Crippen molar-refractivity contribution in [3.05, 3.63) is 33.3 Å². The van der Waals surface area contributed by atoms with Crippen LogP contribution >= 0.6 is 27.5 Å². The van der Waals surface area contributed by atoms with Crippen LogP contribution in [0.4, 0.5) is 0 Å². The quantitative estimate of drug-likeness (QED) is 0.915. The lowest BCUT2D eigenvalue weighted by molar-refractivity contribution is 0.524. The number of nitriles is 1. The topological polar surface area (TPSA) is 35.8 Å². The van der Waals surface area contributed by atoms with E-state index in [-0.39, 0.29) is 6.04 Å². The van der Waals surface area contributed by atoms with Gasteiger partial charge in [0, 0.05) is 9.50 Å². The van der Waals surface area contributed by atoms with E-state index in [4.69, 9.17) is 16.9 Å². The van der Waals surface area contributed by atoms with Crippen LogP contribution in [0.3, 0.4) is 0 Å². The third-order valence-electron chi connectivity index (χ3n) is 2.13. The molecule has 0 aromatic heterocycles. The van der Waals surface area contributed by atoms with Crippen molar-refractivity contribution in [2.45, 2.75) is 19.9 Å². The Bertz CT molecular complexity index is 398. The molecule has 0 fully saturated rings. The summed E-state index contributed by atoms with van der Waals surface area (Å²) in [4.78, 5) is 0. The van der Waals surface area contributed by atoms with E-state index in [1.165, 1.54) is 0 Å². The standard InChI is InChI=1S/C12H14BrClN2/c1-8(2)7-16-12(6-15)10-5-9(14)3-4-11(10)13/h3-5,8,12,16H,7H2,1-2H3. The minimum Gasteiger partial charge on any atom is -0.298 e. The van der Waals surface area contributed by atoms with Crippen LogP contribution in [0, 0.1) is 17.2 Å². The average molecular weight is 302 g/mol. The molecule has 0 saturated carbocycles. The van der Waals surface area contributed by atoms with E-state index in [1.54, 1.807) is 6.07 Å². The Hall–Kier alpha value is -0.560. The van der Waals surface area contributed by atoms with Gasteiger partial charge in [-0.2, -0.15) is 5.26 Å². The Labute approximate surface area is 110 Å². The molecule has 1 unspecified atom stereocenters. The number of benzene rings is 1. The fourth-order valence-corrected chi connectivity index (χ4v) is 1.97. The second-order valence-corrected chi connectivity index (χ2v) is 5.32. The normalized spacial score (nSPS) is 12.5. The molecule has 1 atom stereocenters. The third-order valence-corrected chi connectivity index (χ3v) is 3.09. The summed E-state index contributed by atoms with van der Waals surface area (Å²) >= 11 is 9.35. The fourth-order valence-electron chi connectivity index (χ4n) is 1.31. The summed E-state index contributed by atoms with van der Waals surface area (Å²) in [5.41, 5.74) is 0.885. The Morgan fingerprint density at radius 3 is 2.75 bits per heavy atom. The van der Waals surface area contributed by atoms with Crippen LogP contribution in [0.5, 0.6) is 0 Å². The highest BCUT2D eigenvalue weighted by Crippen LogP contribution is 2.26. The van der Waals surface area contributed by atoms with Crippen LogP contribution in [-0.4, -0.2) is 6.54 Å². The highest BCUT2D eigenvalue weighted by Gasteiger charge is 2.14. The second kappa shape index (κ2) is 6.24. The van der Waals surface area contributed by atoms with Crippen molar-refractivity contribution < 1.29 is 0 Å². The zero-order valence-electron chi connectivity index (χ0n) is 9.30. The number of hydrogen-bond acceptors (Lipinski definition) is 2. The average Bonchev–Trinajstić information content (AvgIpc) is 2.23. The Morgan fingerprint density at radius 1 is 1.50 bits per heavy atom. The van der Waals surface area contributed by atoms with Crippen molar-refractivity contribution in [1.29, 1.82) is 5.26 Å². The van der Waals surface area contributed by atoms with Crippen LogP contribution in [0.1, 0.15) is 25.5 Å². The van der Waals surface area contributed by atoms with Crippen molar-refractivity contribution in [2.75, 3.05) is 6.54 Å². The second-order valence-electron chi connectivity index (χ2n) is 4.03. The summed E-state index contributed by atoms with van der Waals surface area (Å²) in [6, 6.07) is 7.39. The molecule has 1 rings (SSSR count). The van der Waals surface area contributed by atoms with E-state index in [9.17, 15) is 0 Å². The summed E-state index contributed by atoms with van der Waals surface area (Å²) in [5, 5.41) is 13.0. The summed E-state index contributed by atoms with van der Waals surface area (Å²) < 4.78 is 0.903. The van der Waals surface area contributed by atoms with E-state index in [0.717, 1.165) is 16.6 Å². The first-order valence-electron chi connectivity index (χ1n) is 5.12. The largest absolute Gasteiger partial charge is 0.298 e. The molecule has 0 radical (unpaired) electrons. The lowest BCUT2D eigenvalue weighted by Gasteiger charge is -2.15. The van der Waals surface area contributed by atoms with Gasteiger partial charge in [0.2, 0.25) is 0 Å². The Balaban J connectivity index is 2.87. The van der Waals surface area contributed by atoms with Crippen molar-refractivity contribution in [2.24, 2.45) is 5.92 Å². The molecule has 0 amide bonds. The molecule has 0 aliphatic rings. The lowest BCUT2D eigenvalue weighted by Crippen LogP contribution is -2.24. The number of nitrogens with one attached hydrogen (secondary N) is 1. The van der Waals surface area contributed by atoms with E-state index in [1.807, 2.05) is 12.1 Å². The first-order valence-corrected chi connectivity index (χ1v) is 6.29. The van der Waals surface area contributed by atoms with Gasteiger partial charge in [-0.05, 0) is 36.2 Å². The van der Waals surface area contributed by atoms with Crippen LogP contribution in [0.15, 0.2) is 22.7 Å². The van der Waals surface area contributed by atoms with Gasteiger partial charge in [-0.15, -0.1) is 0 Å². The third kappa shape index (κ3) is 3.79. The maximum atomic E-state index is 9.13. The summed E-state index contributed by atoms with van der Waals surface area (Å²) in [6.45, 7) is 5.01. The van der Waals surface area contributed by atoms with Crippen LogP contribution in [0.25, 0.3) is 0 Å². The Morgan fingerprint density at radius 2 is 2.19 bits per heavy atom. The van der Waals surface area contributed by atoms with E-state index in [0.29, 0.717) is 10.9 Å². The Kier molecular flexibility index (Phi) is 5.27. The minimum atomic E-state index is -0.324. The molecule has 0 aliphatic heterocycles. The maximum absolute atomic E-state index is 9.13. The number of nitrogens with zero attached hydrogens (tertiary/aromatic N) is 1. The van der Waals surface area contributed by atoms with Gasteiger partial charge in [0.1, 0.15) is 6.04 Å². The molecular formula is C12H14BrClN2. The predicted molar refractivity (Wildman–Crippen MR) is 70.3 cm³/mol. The highest BCUT2D eigenvalue weighted by molar-refractivity contribution is 9.10. The van der Waals surface area contributed by atoms with Crippen LogP contribution in [0.2, 0.25) is 5.02 Å². The first kappa shape index (κ1) is 13.5. The van der Waals surface area contributed by atoms with Crippen molar-refractivity contribution >= 4 is 27.5 Å². The van der Waals surface area contributed by atoms with E-state index < -0.39 is 0 Å². The summed E-state index contributed by atoms with van der Waals surface area (Å²) in [7, 11) is 0. The maximum Gasteiger partial charge on any atom is 0.122 e. The molecule has 2 nitrogen and oxygen atoms in total. The van der Waals surface area contributed by atoms with E-state index >= 15 is 0 Å². The molecule has 0 spiro atoms. The summed E-state index contributed by atoms with van der Waals surface area (Å²) in [5.74, 6) is 0.508. The number of hydrogen-bond donors (Lipinski definition) is 1. The van der Waals surface area contributed by atoms with Gasteiger partial charge >= 0.3 is 0 Å². The van der Waals surface area contributed by atoms with Crippen LogP contribution < -0.4 is 5.32 Å². The zero-order valence-corrected chi connectivity index (χ0v) is 11.6. The van der Waals surface area contributed by atoms with Gasteiger partial charge in [-0.1, -0.05) is 41.4 Å². The molecule has 1 aromatic carbocycles. The smallest absolute Gasteiger partial charge is 0.122 e. The first-order chi connectivity index (χ1) is 7.54. The fraction of sp³-hybridized carbons (Fsp3) is 0.417. The van der Waals surface area contributed by atoms with Crippen molar-refractivity contribution in [3.63, 3.8) is 0 Å². The molecule has 1 N–H and O–H groups in total. The van der Waals surface area contributed by atoms with Gasteiger partial charge < -0.3 is 0 Å². The molecule has 16 heavy (non-hydrogen) atoms. The number of halogens is 2. The van der Waals surface area contributed by atoms with E-state index in [2.05, 4.69) is 41.2 Å². The lowest BCUT2D eigenvalue weighted by atomic mass is 10.1. The number of rotatable bonds is 4. The molecule has 0 bridgehead atoms. The molecule has 0 heterocycles. The molecule has 0 aliphatic carbocycles. The van der Waals surface area contributed by atoms with Crippen molar-refractivity contribution in [3.8, 4) is 6.07 Å². The van der Waals surface area contributed by atoms with Crippen molar-refractivity contribution in [1.82, 2.24) is 5.32 Å². The SMILES string of the molecule is CC(C)CNC(C#N)c1cc(Cl)ccc1Br. The highest BCUT2D eigenvalue weighted by atomic mass is 79.9.